The molecule has 0 saturated carbocycles. The van der Waals surface area contributed by atoms with Gasteiger partial charge in [0.05, 0.1) is 17.4 Å². The first-order valence-corrected chi connectivity index (χ1v) is 12.1. The third kappa shape index (κ3) is 4.54. The Balaban J connectivity index is 1.20. The summed E-state index contributed by atoms with van der Waals surface area (Å²) >= 11 is 0. The highest BCUT2D eigenvalue weighted by Crippen LogP contribution is 2.25. The monoisotopic (exact) mass is 485 g/mol. The molecule has 2 aromatic carbocycles. The molecule has 1 saturated heterocycles. The van der Waals surface area contributed by atoms with Gasteiger partial charge in [-0.05, 0) is 56.0 Å². The van der Waals surface area contributed by atoms with E-state index in [9.17, 15) is 19.2 Å². The number of aryl methyl sites for hydroxylation is 1. The molecule has 0 radical (unpaired) electrons. The summed E-state index contributed by atoms with van der Waals surface area (Å²) in [5.41, 5.74) is 2.81. The number of imide groups is 1. The lowest BCUT2D eigenvalue weighted by molar-refractivity contribution is 0.0653. The molecule has 1 aromatic heterocycles. The Hall–Kier alpha value is -4.20. The average molecular weight is 486 g/mol. The van der Waals surface area contributed by atoms with Crippen molar-refractivity contribution in [1.82, 2.24) is 15.1 Å². The summed E-state index contributed by atoms with van der Waals surface area (Å²) in [5.74, 6) is -0.819. The third-order valence-electron chi connectivity index (χ3n) is 6.87. The molecule has 4 amide bonds. The van der Waals surface area contributed by atoms with E-state index in [4.69, 9.17) is 4.42 Å². The standard InChI is InChI=1S/C28H27N3O5/c1-18-12-16-36-24(18)25(32)29-21-10-13-30(14-11-21)26(33)20-7-8-22-23(17-20)28(35)31(27(22)34)15-9-19-5-3-2-4-6-19/h2-8,12,16-17,21H,9-11,13-15H2,1H3,(H,29,32). The molecule has 0 spiro atoms. The first kappa shape index (κ1) is 23.5. The van der Waals surface area contributed by atoms with Gasteiger partial charge >= 0.3 is 0 Å². The van der Waals surface area contributed by atoms with Gasteiger partial charge in [-0.2, -0.15) is 0 Å². The van der Waals surface area contributed by atoms with Gasteiger partial charge in [0.2, 0.25) is 0 Å². The molecule has 5 rings (SSSR count). The quantitative estimate of drug-likeness (QED) is 0.539. The Morgan fingerprint density at radius 1 is 0.972 bits per heavy atom. The van der Waals surface area contributed by atoms with Crippen LogP contribution in [-0.2, 0) is 6.42 Å². The molecule has 3 aromatic rings. The Kier molecular flexibility index (Phi) is 6.41. The van der Waals surface area contributed by atoms with E-state index in [0.717, 1.165) is 11.1 Å². The van der Waals surface area contributed by atoms with Crippen molar-refractivity contribution in [3.8, 4) is 0 Å². The summed E-state index contributed by atoms with van der Waals surface area (Å²) in [5, 5.41) is 2.98. The number of carbonyl (C=O) groups excluding carboxylic acids is 4. The molecule has 1 N–H and O–H groups in total. The van der Waals surface area contributed by atoms with Crippen LogP contribution in [0.25, 0.3) is 0 Å². The second-order valence-corrected chi connectivity index (χ2v) is 9.23. The molecule has 0 aliphatic carbocycles. The van der Waals surface area contributed by atoms with Crippen LogP contribution in [0.15, 0.2) is 65.3 Å². The fourth-order valence-corrected chi connectivity index (χ4v) is 4.78. The number of rotatable bonds is 6. The summed E-state index contributed by atoms with van der Waals surface area (Å²) in [6.45, 7) is 3.07. The van der Waals surface area contributed by atoms with Crippen LogP contribution in [0.2, 0.25) is 0 Å². The minimum atomic E-state index is -0.366. The SMILES string of the molecule is Cc1ccoc1C(=O)NC1CCN(C(=O)c2ccc3c(c2)C(=O)N(CCc2ccccc2)C3=O)CC1. The van der Waals surface area contributed by atoms with E-state index in [1.807, 2.05) is 37.3 Å². The number of fused-ring (bicyclic) bond motifs is 1. The zero-order chi connectivity index (χ0) is 25.2. The van der Waals surface area contributed by atoms with Crippen molar-refractivity contribution < 1.29 is 23.6 Å². The smallest absolute Gasteiger partial charge is 0.287 e. The summed E-state index contributed by atoms with van der Waals surface area (Å²) in [7, 11) is 0. The molecular formula is C28H27N3O5. The molecule has 8 nitrogen and oxygen atoms in total. The van der Waals surface area contributed by atoms with Crippen molar-refractivity contribution in [2.45, 2.75) is 32.2 Å². The Bertz CT molecular complexity index is 1320. The number of piperidine rings is 1. The van der Waals surface area contributed by atoms with Gasteiger partial charge in [0.1, 0.15) is 0 Å². The van der Waals surface area contributed by atoms with E-state index in [0.29, 0.717) is 49.2 Å². The van der Waals surface area contributed by atoms with Gasteiger partial charge in [-0.1, -0.05) is 30.3 Å². The predicted octanol–water partition coefficient (Wildman–Crippen LogP) is 3.46. The van der Waals surface area contributed by atoms with Gasteiger partial charge in [0, 0.05) is 36.8 Å². The van der Waals surface area contributed by atoms with E-state index in [-0.39, 0.29) is 41.8 Å². The normalized spacial score (nSPS) is 15.8. The number of benzene rings is 2. The van der Waals surface area contributed by atoms with Crippen molar-refractivity contribution in [1.29, 1.82) is 0 Å². The molecule has 0 unspecified atom stereocenters. The van der Waals surface area contributed by atoms with Crippen molar-refractivity contribution >= 4 is 23.6 Å². The van der Waals surface area contributed by atoms with Crippen molar-refractivity contribution in [3.05, 3.63) is 94.4 Å². The van der Waals surface area contributed by atoms with Crippen LogP contribution in [0.4, 0.5) is 0 Å². The molecule has 3 heterocycles. The average Bonchev–Trinajstić information content (AvgIpc) is 3.44. The number of likely N-dealkylation sites (tertiary alicyclic amines) is 1. The van der Waals surface area contributed by atoms with Crippen molar-refractivity contribution in [3.63, 3.8) is 0 Å². The topological polar surface area (TPSA) is 99.9 Å². The third-order valence-corrected chi connectivity index (χ3v) is 6.87. The number of hydrogen-bond donors (Lipinski definition) is 1. The van der Waals surface area contributed by atoms with Crippen molar-refractivity contribution in [2.24, 2.45) is 0 Å². The van der Waals surface area contributed by atoms with Crippen LogP contribution < -0.4 is 5.32 Å². The van der Waals surface area contributed by atoms with E-state index in [1.54, 1.807) is 23.1 Å². The van der Waals surface area contributed by atoms with Gasteiger partial charge in [0.25, 0.3) is 23.6 Å². The molecular weight excluding hydrogens is 458 g/mol. The molecule has 0 atom stereocenters. The highest BCUT2D eigenvalue weighted by Gasteiger charge is 2.36. The molecule has 0 bridgehead atoms. The maximum atomic E-state index is 13.2. The number of furan rings is 1. The Morgan fingerprint density at radius 3 is 2.39 bits per heavy atom. The molecule has 2 aliphatic rings. The number of nitrogens with zero attached hydrogens (tertiary/aromatic N) is 2. The van der Waals surface area contributed by atoms with Crippen molar-refractivity contribution in [2.75, 3.05) is 19.6 Å². The maximum absolute atomic E-state index is 13.2. The molecule has 1 fully saturated rings. The minimum absolute atomic E-state index is 0.0524. The molecule has 36 heavy (non-hydrogen) atoms. The van der Waals surface area contributed by atoms with Gasteiger partial charge in [-0.25, -0.2) is 0 Å². The summed E-state index contributed by atoms with van der Waals surface area (Å²) in [6.07, 6.45) is 3.30. The maximum Gasteiger partial charge on any atom is 0.287 e. The Labute approximate surface area is 208 Å². The molecule has 184 valence electrons. The largest absolute Gasteiger partial charge is 0.459 e. The van der Waals surface area contributed by atoms with Gasteiger partial charge in [0.15, 0.2) is 5.76 Å². The zero-order valence-electron chi connectivity index (χ0n) is 20.0. The van der Waals surface area contributed by atoms with Crippen LogP contribution in [0.3, 0.4) is 0 Å². The molecule has 2 aliphatic heterocycles. The van der Waals surface area contributed by atoms with Crippen LogP contribution >= 0.6 is 0 Å². The van der Waals surface area contributed by atoms with Crippen LogP contribution in [0.5, 0.6) is 0 Å². The second kappa shape index (κ2) is 9.81. The van der Waals surface area contributed by atoms with Gasteiger partial charge in [-0.15, -0.1) is 0 Å². The number of amides is 4. The zero-order valence-corrected chi connectivity index (χ0v) is 20.0. The lowest BCUT2D eigenvalue weighted by Gasteiger charge is -2.32. The van der Waals surface area contributed by atoms with Crippen LogP contribution in [0.1, 0.15) is 65.6 Å². The Morgan fingerprint density at radius 2 is 1.69 bits per heavy atom. The summed E-state index contributed by atoms with van der Waals surface area (Å²) < 4.78 is 5.25. The highest BCUT2D eigenvalue weighted by atomic mass is 16.3. The number of nitrogens with one attached hydrogen (secondary N) is 1. The predicted molar refractivity (Wildman–Crippen MR) is 132 cm³/mol. The van der Waals surface area contributed by atoms with Crippen LogP contribution in [0, 0.1) is 6.92 Å². The lowest BCUT2D eigenvalue weighted by atomic mass is 10.0. The van der Waals surface area contributed by atoms with E-state index < -0.39 is 0 Å². The first-order valence-electron chi connectivity index (χ1n) is 12.1. The van der Waals surface area contributed by atoms with Gasteiger partial charge < -0.3 is 14.6 Å². The van der Waals surface area contributed by atoms with E-state index in [1.165, 1.54) is 17.2 Å². The lowest BCUT2D eigenvalue weighted by Crippen LogP contribution is -2.46. The fraction of sp³-hybridized carbons (Fsp3) is 0.286. The van der Waals surface area contributed by atoms with Gasteiger partial charge in [-0.3, -0.25) is 24.1 Å². The molecule has 8 heteroatoms. The second-order valence-electron chi connectivity index (χ2n) is 9.23. The van der Waals surface area contributed by atoms with E-state index >= 15 is 0 Å². The fourth-order valence-electron chi connectivity index (χ4n) is 4.78. The summed E-state index contributed by atoms with van der Waals surface area (Å²) in [4.78, 5) is 54.3. The summed E-state index contributed by atoms with van der Waals surface area (Å²) in [6, 6.07) is 16.1. The minimum Gasteiger partial charge on any atom is -0.459 e. The number of carbonyl (C=O) groups is 4. The number of hydrogen-bond acceptors (Lipinski definition) is 5. The highest BCUT2D eigenvalue weighted by molar-refractivity contribution is 6.22. The van der Waals surface area contributed by atoms with Crippen LogP contribution in [-0.4, -0.2) is 59.1 Å². The first-order chi connectivity index (χ1) is 17.4. The van der Waals surface area contributed by atoms with E-state index in [2.05, 4.69) is 5.32 Å².